The summed E-state index contributed by atoms with van der Waals surface area (Å²) in [6, 6.07) is -0.721. The number of carboxylic acids is 1. The molecule has 0 N–H and O–H groups in total. The van der Waals surface area contributed by atoms with Gasteiger partial charge < -0.3 is 28.6 Å². The molecule has 46 heavy (non-hydrogen) atoms. The van der Waals surface area contributed by atoms with Crippen molar-refractivity contribution >= 4 is 17.9 Å². The average molecular weight is 648 g/mol. The second kappa shape index (κ2) is 29.7. The Hall–Kier alpha value is -2.71. The predicted molar refractivity (Wildman–Crippen MR) is 185 cm³/mol. The number of carbonyl (C=O) groups excluding carboxylic acids is 3. The maximum Gasteiger partial charge on any atom is 0.306 e. The lowest BCUT2D eigenvalue weighted by Gasteiger charge is -2.34. The summed E-state index contributed by atoms with van der Waals surface area (Å²) >= 11 is 0. The summed E-state index contributed by atoms with van der Waals surface area (Å²) in [7, 11) is 5.34. The van der Waals surface area contributed by atoms with E-state index in [9.17, 15) is 19.5 Å². The molecule has 0 aliphatic rings. The lowest BCUT2D eigenvalue weighted by molar-refractivity contribution is -0.889. The molecule has 0 saturated heterocycles. The Morgan fingerprint density at radius 2 is 1.20 bits per heavy atom. The van der Waals surface area contributed by atoms with E-state index in [4.69, 9.17) is 14.2 Å². The molecule has 8 nitrogen and oxygen atoms in total. The number of ether oxygens (including phenoxy) is 3. The van der Waals surface area contributed by atoms with Crippen LogP contribution in [0.3, 0.4) is 0 Å². The van der Waals surface area contributed by atoms with E-state index in [2.05, 4.69) is 55.5 Å². The number of carbonyl (C=O) groups is 3. The molecule has 0 heterocycles. The van der Waals surface area contributed by atoms with Gasteiger partial charge in [-0.15, -0.1) is 0 Å². The van der Waals surface area contributed by atoms with Gasteiger partial charge in [-0.25, -0.2) is 0 Å². The van der Waals surface area contributed by atoms with Crippen LogP contribution in [0.4, 0.5) is 0 Å². The van der Waals surface area contributed by atoms with E-state index in [-0.39, 0.29) is 36.7 Å². The Bertz CT molecular complexity index is 901. The van der Waals surface area contributed by atoms with Crippen LogP contribution < -0.4 is 5.11 Å². The molecule has 0 amide bonds. The zero-order valence-corrected chi connectivity index (χ0v) is 29.7. The number of aliphatic carboxylic acids is 1. The Labute approximate surface area is 280 Å². The van der Waals surface area contributed by atoms with Crippen molar-refractivity contribution < 1.29 is 38.2 Å². The molecule has 0 fully saturated rings. The summed E-state index contributed by atoms with van der Waals surface area (Å²) in [5, 5.41) is 11.4. The minimum absolute atomic E-state index is 0.0281. The van der Waals surface area contributed by atoms with Crippen LogP contribution in [0, 0.1) is 0 Å². The van der Waals surface area contributed by atoms with Crippen molar-refractivity contribution in [3.63, 3.8) is 0 Å². The summed E-state index contributed by atoms with van der Waals surface area (Å²) in [5.41, 5.74) is 0. The number of unbranched alkanes of at least 4 members (excludes halogenated alkanes) is 10. The molecule has 0 aliphatic carbocycles. The minimum atomic E-state index is -1.14. The van der Waals surface area contributed by atoms with Crippen molar-refractivity contribution in [3.8, 4) is 0 Å². The third-order valence-electron chi connectivity index (χ3n) is 7.54. The summed E-state index contributed by atoms with van der Waals surface area (Å²) in [4.78, 5) is 35.0. The van der Waals surface area contributed by atoms with Gasteiger partial charge in [0.2, 0.25) is 0 Å². The fourth-order valence-electron chi connectivity index (χ4n) is 4.85. The molecule has 0 bridgehead atoms. The number of allylic oxidation sites excluding steroid dienone is 8. The molecule has 264 valence electrons. The van der Waals surface area contributed by atoms with Crippen molar-refractivity contribution in [2.45, 2.75) is 135 Å². The largest absolute Gasteiger partial charge is 0.544 e. The highest BCUT2D eigenvalue weighted by atomic mass is 16.6. The Balaban J connectivity index is 3.85. The number of rotatable bonds is 30. The lowest BCUT2D eigenvalue weighted by Crippen LogP contribution is -2.55. The minimum Gasteiger partial charge on any atom is -0.544 e. The lowest BCUT2D eigenvalue weighted by atomic mass is 10.0. The number of esters is 2. The molecule has 2 atom stereocenters. The first-order valence-corrected chi connectivity index (χ1v) is 17.6. The number of carboxylic acid groups (broad SMARTS) is 1. The van der Waals surface area contributed by atoms with Gasteiger partial charge in [-0.3, -0.25) is 9.59 Å². The molecule has 0 aliphatic heterocycles. The summed E-state index contributed by atoms with van der Waals surface area (Å²) in [6.45, 7) is 3.54. The Morgan fingerprint density at radius 3 is 1.70 bits per heavy atom. The van der Waals surface area contributed by atoms with E-state index in [1.807, 2.05) is 0 Å². The number of quaternary nitrogens is 1. The van der Waals surface area contributed by atoms with Gasteiger partial charge in [0.05, 0.1) is 40.3 Å². The Morgan fingerprint density at radius 1 is 0.696 bits per heavy atom. The highest BCUT2D eigenvalue weighted by Crippen LogP contribution is 2.13. The first-order chi connectivity index (χ1) is 22.1. The maximum absolute atomic E-state index is 12.4. The molecule has 0 rings (SSSR count). The van der Waals surface area contributed by atoms with Crippen LogP contribution in [0.25, 0.3) is 0 Å². The van der Waals surface area contributed by atoms with Gasteiger partial charge in [-0.1, -0.05) is 107 Å². The number of nitrogens with zero attached hydrogens (tertiary/aromatic N) is 1. The van der Waals surface area contributed by atoms with Gasteiger partial charge in [-0.05, 0) is 44.9 Å². The molecule has 0 saturated carbocycles. The highest BCUT2D eigenvalue weighted by Gasteiger charge is 2.25. The van der Waals surface area contributed by atoms with Crippen molar-refractivity contribution in [3.05, 3.63) is 48.6 Å². The van der Waals surface area contributed by atoms with Crippen LogP contribution in [-0.2, 0) is 28.6 Å². The van der Waals surface area contributed by atoms with Crippen molar-refractivity contribution in [2.24, 2.45) is 0 Å². The Kier molecular flexibility index (Phi) is 27.9. The van der Waals surface area contributed by atoms with Gasteiger partial charge >= 0.3 is 11.9 Å². The second-order valence-electron chi connectivity index (χ2n) is 12.8. The molecule has 8 heteroatoms. The molecular weight excluding hydrogens is 582 g/mol. The topological polar surface area (TPSA) is 102 Å². The molecule has 0 aromatic rings. The van der Waals surface area contributed by atoms with Crippen LogP contribution >= 0.6 is 0 Å². The van der Waals surface area contributed by atoms with E-state index in [1.165, 1.54) is 58.3 Å². The second-order valence-corrected chi connectivity index (χ2v) is 12.8. The van der Waals surface area contributed by atoms with Crippen LogP contribution in [0.15, 0.2) is 48.6 Å². The van der Waals surface area contributed by atoms with Gasteiger partial charge in [0.25, 0.3) is 0 Å². The third-order valence-corrected chi connectivity index (χ3v) is 7.54. The SMILES string of the molecule is CC/C=C\C/C=C\C/C=C\C/C=C\CCCCCCCCCCCCC(=O)OC(COCCC(C(=O)[O-])[N+](C)(C)C)COC(C)=O. The molecule has 0 aromatic carbocycles. The van der Waals surface area contributed by atoms with Crippen molar-refractivity contribution in [2.75, 3.05) is 41.0 Å². The molecular formula is C38H65NO7. The third kappa shape index (κ3) is 28.7. The van der Waals surface area contributed by atoms with E-state index < -0.39 is 24.1 Å². The van der Waals surface area contributed by atoms with Crippen LogP contribution in [0.5, 0.6) is 0 Å². The highest BCUT2D eigenvalue weighted by molar-refractivity contribution is 5.70. The standard InChI is InChI=1S/C38H65NO7/c1-6-7-8-9-10-11-12-13-14-15-16-17-18-19-20-21-22-23-24-25-26-27-28-29-37(41)46-35(33-45-34(2)40)32-44-31-30-36(38(42)43)39(3,4)5/h7-8,10-11,13-14,16-17,35-36H,6,9,12,15,18-33H2,1-5H3/b8-7-,11-10-,14-13-,17-16-. The smallest absolute Gasteiger partial charge is 0.306 e. The van der Waals surface area contributed by atoms with Crippen molar-refractivity contribution in [1.29, 1.82) is 0 Å². The first kappa shape index (κ1) is 43.3. The van der Waals surface area contributed by atoms with Gasteiger partial charge in [0.15, 0.2) is 6.10 Å². The number of likely N-dealkylation sites (N-methyl/N-ethyl adjacent to an activating group) is 1. The van der Waals surface area contributed by atoms with E-state index in [1.54, 1.807) is 21.1 Å². The fourth-order valence-corrected chi connectivity index (χ4v) is 4.85. The summed E-state index contributed by atoms with van der Waals surface area (Å²) < 4.78 is 16.3. The summed E-state index contributed by atoms with van der Waals surface area (Å²) in [6.07, 6.45) is 34.7. The molecule has 0 spiro atoms. The quantitative estimate of drug-likeness (QED) is 0.0352. The fraction of sp³-hybridized carbons (Fsp3) is 0.711. The zero-order chi connectivity index (χ0) is 34.3. The van der Waals surface area contributed by atoms with Crippen molar-refractivity contribution in [1.82, 2.24) is 0 Å². The van der Waals surface area contributed by atoms with Gasteiger partial charge in [0, 0.05) is 19.8 Å². The van der Waals surface area contributed by atoms with Crippen LogP contribution in [0.1, 0.15) is 123 Å². The molecule has 2 unspecified atom stereocenters. The molecule has 0 radical (unpaired) electrons. The average Bonchev–Trinajstić information content (AvgIpc) is 2.99. The predicted octanol–water partition coefficient (Wildman–Crippen LogP) is 7.18. The van der Waals surface area contributed by atoms with Gasteiger partial charge in [-0.2, -0.15) is 0 Å². The van der Waals surface area contributed by atoms with Crippen LogP contribution in [-0.4, -0.2) is 75.5 Å². The van der Waals surface area contributed by atoms with Gasteiger partial charge in [0.1, 0.15) is 12.6 Å². The normalized spacial score (nSPS) is 13.7. The monoisotopic (exact) mass is 647 g/mol. The zero-order valence-electron chi connectivity index (χ0n) is 29.7. The summed E-state index contributed by atoms with van der Waals surface area (Å²) in [5.74, 6) is -1.95. The van der Waals surface area contributed by atoms with E-state index in [0.29, 0.717) is 6.42 Å². The number of hydrogen-bond acceptors (Lipinski definition) is 7. The maximum atomic E-state index is 12.4. The van der Waals surface area contributed by atoms with E-state index in [0.717, 1.165) is 44.9 Å². The molecule has 0 aromatic heterocycles. The first-order valence-electron chi connectivity index (χ1n) is 17.6. The van der Waals surface area contributed by atoms with Crippen LogP contribution in [0.2, 0.25) is 0 Å². The number of hydrogen-bond donors (Lipinski definition) is 0. The van der Waals surface area contributed by atoms with E-state index >= 15 is 0 Å².